The maximum Gasteiger partial charge on any atom is 0.152 e. The lowest BCUT2D eigenvalue weighted by Gasteiger charge is -2.11. The molecular formula is C10H12N4O. The summed E-state index contributed by atoms with van der Waals surface area (Å²) >= 11 is 0. The van der Waals surface area contributed by atoms with Gasteiger partial charge in [0.15, 0.2) is 5.82 Å². The highest BCUT2D eigenvalue weighted by atomic mass is 16.5. The Kier molecular flexibility index (Phi) is 2.03. The van der Waals surface area contributed by atoms with Gasteiger partial charge in [0, 0.05) is 19.0 Å². The number of hydrogen-bond donors (Lipinski definition) is 1. The van der Waals surface area contributed by atoms with E-state index in [1.807, 2.05) is 16.8 Å². The van der Waals surface area contributed by atoms with E-state index in [-0.39, 0.29) is 0 Å². The number of aromatic nitrogens is 3. The molecule has 1 saturated heterocycles. The van der Waals surface area contributed by atoms with Crippen LogP contribution >= 0.6 is 0 Å². The first-order valence-corrected chi connectivity index (χ1v) is 5.06. The molecule has 0 amide bonds. The highest BCUT2D eigenvalue weighted by Gasteiger charge is 2.16. The van der Waals surface area contributed by atoms with Crippen molar-refractivity contribution in [3.8, 4) is 0 Å². The van der Waals surface area contributed by atoms with Crippen LogP contribution in [0.5, 0.6) is 0 Å². The Bertz CT molecular complexity index is 461. The molecule has 5 heteroatoms. The normalized spacial score (nSPS) is 20.9. The van der Waals surface area contributed by atoms with E-state index in [1.54, 1.807) is 12.4 Å². The maximum atomic E-state index is 5.31. The summed E-state index contributed by atoms with van der Waals surface area (Å²) in [7, 11) is 0. The van der Waals surface area contributed by atoms with Crippen molar-refractivity contribution in [2.24, 2.45) is 0 Å². The molecule has 2 aromatic rings. The van der Waals surface area contributed by atoms with Gasteiger partial charge in [-0.25, -0.2) is 9.50 Å². The Morgan fingerprint density at radius 3 is 3.33 bits per heavy atom. The van der Waals surface area contributed by atoms with Crippen molar-refractivity contribution in [2.45, 2.75) is 12.5 Å². The monoisotopic (exact) mass is 204 g/mol. The highest BCUT2D eigenvalue weighted by Crippen LogP contribution is 2.16. The van der Waals surface area contributed by atoms with Crippen LogP contribution < -0.4 is 5.32 Å². The summed E-state index contributed by atoms with van der Waals surface area (Å²) in [6.45, 7) is 1.59. The van der Waals surface area contributed by atoms with Crippen LogP contribution in [0.4, 0.5) is 5.82 Å². The molecule has 0 saturated carbocycles. The summed E-state index contributed by atoms with van der Waals surface area (Å²) in [5.74, 6) is 0.880. The van der Waals surface area contributed by atoms with Gasteiger partial charge in [-0.1, -0.05) is 0 Å². The summed E-state index contributed by atoms with van der Waals surface area (Å²) in [6, 6.07) is 2.32. The fourth-order valence-corrected chi connectivity index (χ4v) is 1.81. The Hall–Kier alpha value is -1.62. The van der Waals surface area contributed by atoms with E-state index in [2.05, 4.69) is 15.4 Å². The molecule has 1 fully saturated rings. The third-order valence-corrected chi connectivity index (χ3v) is 2.59. The first-order valence-electron chi connectivity index (χ1n) is 5.06. The third kappa shape index (κ3) is 1.55. The molecule has 3 rings (SSSR count). The second-order valence-electron chi connectivity index (χ2n) is 3.64. The van der Waals surface area contributed by atoms with Gasteiger partial charge in [0.25, 0.3) is 0 Å². The zero-order valence-corrected chi connectivity index (χ0v) is 8.26. The van der Waals surface area contributed by atoms with Gasteiger partial charge in [0.2, 0.25) is 0 Å². The predicted molar refractivity (Wildman–Crippen MR) is 55.8 cm³/mol. The van der Waals surface area contributed by atoms with Crippen molar-refractivity contribution in [2.75, 3.05) is 18.5 Å². The average molecular weight is 204 g/mol. The quantitative estimate of drug-likeness (QED) is 0.790. The molecule has 1 unspecified atom stereocenters. The zero-order chi connectivity index (χ0) is 10.1. The van der Waals surface area contributed by atoms with E-state index in [1.165, 1.54) is 0 Å². The van der Waals surface area contributed by atoms with Gasteiger partial charge in [-0.3, -0.25) is 0 Å². The van der Waals surface area contributed by atoms with Crippen molar-refractivity contribution >= 4 is 11.3 Å². The lowest BCUT2D eigenvalue weighted by atomic mass is 10.2. The summed E-state index contributed by atoms with van der Waals surface area (Å²) in [5.41, 5.74) is 1.00. The van der Waals surface area contributed by atoms with E-state index in [0.717, 1.165) is 31.0 Å². The molecule has 0 radical (unpaired) electrons. The van der Waals surface area contributed by atoms with Crippen molar-refractivity contribution in [3.05, 3.63) is 24.7 Å². The van der Waals surface area contributed by atoms with Gasteiger partial charge in [-0.05, 0) is 12.5 Å². The van der Waals surface area contributed by atoms with Crippen molar-refractivity contribution in [1.82, 2.24) is 14.6 Å². The summed E-state index contributed by atoms with van der Waals surface area (Å²) in [5, 5.41) is 7.53. The highest BCUT2D eigenvalue weighted by molar-refractivity contribution is 5.67. The molecule has 0 bridgehead atoms. The molecule has 1 atom stereocenters. The number of rotatable bonds is 2. The minimum absolute atomic E-state index is 0.374. The Morgan fingerprint density at radius 1 is 1.47 bits per heavy atom. The molecule has 3 heterocycles. The molecule has 0 aliphatic carbocycles. The van der Waals surface area contributed by atoms with E-state index in [0.29, 0.717) is 6.04 Å². The van der Waals surface area contributed by atoms with Gasteiger partial charge in [-0.2, -0.15) is 5.10 Å². The molecule has 15 heavy (non-hydrogen) atoms. The first kappa shape index (κ1) is 8.67. The summed E-state index contributed by atoms with van der Waals surface area (Å²) in [4.78, 5) is 4.32. The van der Waals surface area contributed by atoms with Crippen molar-refractivity contribution < 1.29 is 4.74 Å². The predicted octanol–water partition coefficient (Wildman–Crippen LogP) is 0.930. The minimum Gasteiger partial charge on any atom is -0.379 e. The van der Waals surface area contributed by atoms with Crippen LogP contribution in [0.2, 0.25) is 0 Å². The summed E-state index contributed by atoms with van der Waals surface area (Å²) < 4.78 is 7.12. The topological polar surface area (TPSA) is 51.5 Å². The minimum atomic E-state index is 0.374. The van der Waals surface area contributed by atoms with Gasteiger partial charge in [-0.15, -0.1) is 0 Å². The van der Waals surface area contributed by atoms with Crippen LogP contribution in [0, 0.1) is 0 Å². The Morgan fingerprint density at radius 2 is 2.47 bits per heavy atom. The van der Waals surface area contributed by atoms with Crippen LogP contribution in [-0.2, 0) is 4.74 Å². The zero-order valence-electron chi connectivity index (χ0n) is 8.26. The number of fused-ring (bicyclic) bond motifs is 1. The molecular weight excluding hydrogens is 192 g/mol. The molecule has 78 valence electrons. The third-order valence-electron chi connectivity index (χ3n) is 2.59. The SMILES string of the molecule is c1cn2nccc2c(NC2CCOC2)n1. The fraction of sp³-hybridized carbons (Fsp3) is 0.400. The van der Waals surface area contributed by atoms with Crippen LogP contribution in [0.1, 0.15) is 6.42 Å². The van der Waals surface area contributed by atoms with Crippen LogP contribution in [-0.4, -0.2) is 33.9 Å². The average Bonchev–Trinajstić information content (AvgIpc) is 2.87. The number of ether oxygens (including phenoxy) is 1. The molecule has 0 spiro atoms. The number of nitrogens with one attached hydrogen (secondary N) is 1. The molecule has 5 nitrogen and oxygen atoms in total. The smallest absolute Gasteiger partial charge is 0.152 e. The lowest BCUT2D eigenvalue weighted by Crippen LogP contribution is -2.20. The Balaban J connectivity index is 1.92. The fourth-order valence-electron chi connectivity index (χ4n) is 1.81. The van der Waals surface area contributed by atoms with Crippen molar-refractivity contribution in [3.63, 3.8) is 0 Å². The van der Waals surface area contributed by atoms with Crippen LogP contribution in [0.3, 0.4) is 0 Å². The Labute approximate surface area is 87.1 Å². The van der Waals surface area contributed by atoms with E-state index >= 15 is 0 Å². The largest absolute Gasteiger partial charge is 0.379 e. The molecule has 1 aliphatic rings. The summed E-state index contributed by atoms with van der Waals surface area (Å²) in [6.07, 6.45) is 6.40. The van der Waals surface area contributed by atoms with Gasteiger partial charge in [0.1, 0.15) is 5.52 Å². The second kappa shape index (κ2) is 3.51. The van der Waals surface area contributed by atoms with E-state index in [9.17, 15) is 0 Å². The first-order chi connectivity index (χ1) is 7.43. The standard InChI is InChI=1S/C10H12N4O/c1-3-12-14-5-4-11-10(9(1)14)13-8-2-6-15-7-8/h1,3-5,8H,2,6-7H2,(H,11,13). The second-order valence-corrected chi connectivity index (χ2v) is 3.64. The van der Waals surface area contributed by atoms with Gasteiger partial charge < -0.3 is 10.1 Å². The number of anilines is 1. The molecule has 1 N–H and O–H groups in total. The number of hydrogen-bond acceptors (Lipinski definition) is 4. The van der Waals surface area contributed by atoms with Crippen LogP contribution in [0.15, 0.2) is 24.7 Å². The van der Waals surface area contributed by atoms with Gasteiger partial charge >= 0.3 is 0 Å². The van der Waals surface area contributed by atoms with Crippen molar-refractivity contribution in [1.29, 1.82) is 0 Å². The lowest BCUT2D eigenvalue weighted by molar-refractivity contribution is 0.195. The number of nitrogens with zero attached hydrogens (tertiary/aromatic N) is 3. The molecule has 2 aromatic heterocycles. The van der Waals surface area contributed by atoms with Gasteiger partial charge in [0.05, 0.1) is 18.8 Å². The molecule has 0 aromatic carbocycles. The maximum absolute atomic E-state index is 5.31. The molecule has 1 aliphatic heterocycles. The van der Waals surface area contributed by atoms with Crippen LogP contribution in [0.25, 0.3) is 5.52 Å². The van der Waals surface area contributed by atoms with E-state index in [4.69, 9.17) is 4.74 Å². The van der Waals surface area contributed by atoms with E-state index < -0.39 is 0 Å².